The maximum Gasteiger partial charge on any atom is 0.152 e. The highest BCUT2D eigenvalue weighted by atomic mass is 16.5. The first-order valence-corrected chi connectivity index (χ1v) is 26.5. The minimum atomic E-state index is 0.0450. The van der Waals surface area contributed by atoms with Crippen molar-refractivity contribution in [2.24, 2.45) is 0 Å². The molecule has 0 bridgehead atoms. The van der Waals surface area contributed by atoms with E-state index in [0.29, 0.717) is 0 Å². The Kier molecular flexibility index (Phi) is 9.85. The molecule has 0 spiro atoms. The highest BCUT2D eigenvalue weighted by molar-refractivity contribution is 6.18. The number of ether oxygens (including phenoxy) is 1. The molecule has 0 amide bonds. The topological polar surface area (TPSA) is 24.0 Å². The van der Waals surface area contributed by atoms with Crippen molar-refractivity contribution in [3.05, 3.63) is 198 Å². The van der Waals surface area contributed by atoms with E-state index in [0.717, 1.165) is 50.7 Å². The number of hydrogen-bond donors (Lipinski definition) is 0. The van der Waals surface area contributed by atoms with Crippen LogP contribution in [0.3, 0.4) is 0 Å². The van der Waals surface area contributed by atoms with Crippen LogP contribution in [0.2, 0.25) is 0 Å². The SMILES string of the molecule is CC(C)(C)c1ccc2c(c1)c1cc(C(C)(C)C)ccc1n2-c1ccc(-c2ccc3c(c2)-n2c4ccccc4c4c(-c5ccc(-n6c7ccc(C(C)(C)C)cc7c7cc(C(C)(C)C)ccc76)cc5)ccc(c42)O3)cc1. The molecule has 0 radical (unpaired) electrons. The summed E-state index contributed by atoms with van der Waals surface area (Å²) < 4.78 is 14.2. The maximum atomic E-state index is 6.85. The molecule has 0 aliphatic carbocycles. The lowest BCUT2D eigenvalue weighted by atomic mass is 9.85. The summed E-state index contributed by atoms with van der Waals surface area (Å²) in [6.07, 6.45) is 0. The highest BCUT2D eigenvalue weighted by Gasteiger charge is 2.28. The molecular weight excluding hydrogens is 899 g/mol. The van der Waals surface area contributed by atoms with Crippen LogP contribution < -0.4 is 4.74 Å². The van der Waals surface area contributed by atoms with Crippen LogP contribution in [0.15, 0.2) is 176 Å². The van der Waals surface area contributed by atoms with E-state index in [1.54, 1.807) is 0 Å². The summed E-state index contributed by atoms with van der Waals surface area (Å²) in [5.41, 5.74) is 20.7. The lowest BCUT2D eigenvalue weighted by Gasteiger charge is -2.22. The van der Waals surface area contributed by atoms with Gasteiger partial charge in [-0.15, -0.1) is 0 Å². The van der Waals surface area contributed by atoms with Crippen LogP contribution in [0, 0.1) is 0 Å². The maximum absolute atomic E-state index is 6.85. The fourth-order valence-corrected chi connectivity index (χ4v) is 11.8. The molecule has 4 nitrogen and oxygen atoms in total. The number of fused-ring (bicyclic) bond motifs is 11. The Morgan fingerprint density at radius 1 is 0.311 bits per heavy atom. The second-order valence-electron chi connectivity index (χ2n) is 25.2. The van der Waals surface area contributed by atoms with Gasteiger partial charge in [0.15, 0.2) is 11.5 Å². The summed E-state index contributed by atoms with van der Waals surface area (Å²) in [4.78, 5) is 0. The normalized spacial score (nSPS) is 13.2. The van der Waals surface area contributed by atoms with E-state index < -0.39 is 0 Å². The molecular formula is C70H65N3O. The van der Waals surface area contributed by atoms with E-state index in [4.69, 9.17) is 4.74 Å². The standard InChI is InChI=1S/C70H65N3O/c1-67(2,3)45-22-31-58-53(38-45)54-39-46(68(4,5)6)23-32-59(54)71(58)49-26-17-42(18-27-49)44-21-35-63-62(37-44)73-57-16-14-13-15-52(57)65-51(30-36-64(74-63)66(65)73)43-19-28-50(29-20-43)72-60-33-24-47(69(7,8)9)40-55(60)56-41-48(70(10,11)12)25-34-61(56)72/h13-41H,1-12H3. The minimum absolute atomic E-state index is 0.0450. The Bertz CT molecular complexity index is 4130. The number of nitrogens with zero attached hydrogens (tertiary/aromatic N) is 3. The van der Waals surface area contributed by atoms with Gasteiger partial charge < -0.3 is 18.4 Å². The summed E-state index contributed by atoms with van der Waals surface area (Å²) in [6.45, 7) is 27.6. The van der Waals surface area contributed by atoms with E-state index in [1.807, 2.05) is 0 Å². The first-order valence-electron chi connectivity index (χ1n) is 26.5. The molecule has 12 aromatic rings. The van der Waals surface area contributed by atoms with Gasteiger partial charge >= 0.3 is 0 Å². The van der Waals surface area contributed by atoms with Crippen LogP contribution in [0.4, 0.5) is 0 Å². The zero-order valence-corrected chi connectivity index (χ0v) is 45.0. The van der Waals surface area contributed by atoms with Crippen molar-refractivity contribution < 1.29 is 4.74 Å². The second kappa shape index (κ2) is 15.8. The lowest BCUT2D eigenvalue weighted by Crippen LogP contribution is -2.10. The van der Waals surface area contributed by atoms with Gasteiger partial charge in [0.05, 0.1) is 38.8 Å². The van der Waals surface area contributed by atoms with Crippen molar-refractivity contribution in [3.8, 4) is 50.8 Å². The molecule has 0 unspecified atom stereocenters. The molecule has 0 N–H and O–H groups in total. The smallest absolute Gasteiger partial charge is 0.152 e. The summed E-state index contributed by atoms with van der Waals surface area (Å²) in [5, 5.41) is 7.59. The molecule has 0 atom stereocenters. The van der Waals surface area contributed by atoms with Gasteiger partial charge in [-0.3, -0.25) is 0 Å². The summed E-state index contributed by atoms with van der Waals surface area (Å²) >= 11 is 0. The van der Waals surface area contributed by atoms with E-state index in [-0.39, 0.29) is 21.7 Å². The molecule has 4 heteroatoms. The van der Waals surface area contributed by atoms with E-state index >= 15 is 0 Å². The first-order chi connectivity index (χ1) is 35.2. The number of rotatable bonds is 4. The largest absolute Gasteiger partial charge is 0.453 e. The number of hydrogen-bond acceptors (Lipinski definition) is 1. The van der Waals surface area contributed by atoms with Crippen LogP contribution in [-0.4, -0.2) is 13.7 Å². The summed E-state index contributed by atoms with van der Waals surface area (Å²) in [6, 6.07) is 66.4. The Hall–Kier alpha value is -7.82. The lowest BCUT2D eigenvalue weighted by molar-refractivity contribution is 0.476. The molecule has 74 heavy (non-hydrogen) atoms. The third-order valence-corrected chi connectivity index (χ3v) is 16.1. The van der Waals surface area contributed by atoms with Gasteiger partial charge in [0, 0.05) is 43.7 Å². The van der Waals surface area contributed by atoms with Gasteiger partial charge in [-0.2, -0.15) is 0 Å². The Morgan fingerprint density at radius 2 is 0.703 bits per heavy atom. The molecule has 1 aliphatic heterocycles. The zero-order chi connectivity index (χ0) is 51.4. The van der Waals surface area contributed by atoms with Gasteiger partial charge in [0.25, 0.3) is 0 Å². The molecule has 13 rings (SSSR count). The summed E-state index contributed by atoms with van der Waals surface area (Å²) in [5.74, 6) is 1.72. The summed E-state index contributed by atoms with van der Waals surface area (Å²) in [7, 11) is 0. The average molecular weight is 964 g/mol. The van der Waals surface area contributed by atoms with Gasteiger partial charge in [-0.05, 0) is 169 Å². The van der Waals surface area contributed by atoms with Crippen LogP contribution in [0.25, 0.3) is 105 Å². The van der Waals surface area contributed by atoms with Crippen LogP contribution >= 0.6 is 0 Å². The molecule has 0 fully saturated rings. The average Bonchev–Trinajstić information content (AvgIpc) is 4.01. The first kappa shape index (κ1) is 46.0. The van der Waals surface area contributed by atoms with E-state index in [1.165, 1.54) is 87.8 Å². The number of benzene rings is 9. The quantitative estimate of drug-likeness (QED) is 0.172. The Labute approximate surface area is 435 Å². The third-order valence-electron chi connectivity index (χ3n) is 16.1. The van der Waals surface area contributed by atoms with Gasteiger partial charge in [-0.25, -0.2) is 0 Å². The predicted octanol–water partition coefficient (Wildman–Crippen LogP) is 19.6. The van der Waals surface area contributed by atoms with E-state index in [9.17, 15) is 0 Å². The predicted molar refractivity (Wildman–Crippen MR) is 315 cm³/mol. The molecule has 4 heterocycles. The van der Waals surface area contributed by atoms with Crippen molar-refractivity contribution in [1.29, 1.82) is 0 Å². The molecule has 1 aliphatic rings. The minimum Gasteiger partial charge on any atom is -0.453 e. The highest BCUT2D eigenvalue weighted by Crippen LogP contribution is 2.50. The van der Waals surface area contributed by atoms with Crippen molar-refractivity contribution in [1.82, 2.24) is 13.7 Å². The molecule has 366 valence electrons. The Morgan fingerprint density at radius 3 is 1.15 bits per heavy atom. The van der Waals surface area contributed by atoms with Crippen molar-refractivity contribution in [2.75, 3.05) is 0 Å². The van der Waals surface area contributed by atoms with Gasteiger partial charge in [-0.1, -0.05) is 156 Å². The monoisotopic (exact) mass is 964 g/mol. The molecule has 0 saturated carbocycles. The van der Waals surface area contributed by atoms with Crippen molar-refractivity contribution >= 4 is 65.4 Å². The molecule has 3 aromatic heterocycles. The van der Waals surface area contributed by atoms with Crippen LogP contribution in [0.1, 0.15) is 105 Å². The van der Waals surface area contributed by atoms with Crippen molar-refractivity contribution in [3.63, 3.8) is 0 Å². The van der Waals surface area contributed by atoms with Gasteiger partial charge in [0.1, 0.15) is 0 Å². The van der Waals surface area contributed by atoms with Gasteiger partial charge in [0.2, 0.25) is 0 Å². The van der Waals surface area contributed by atoms with Crippen LogP contribution in [-0.2, 0) is 21.7 Å². The van der Waals surface area contributed by atoms with Crippen molar-refractivity contribution in [2.45, 2.75) is 105 Å². The molecule has 0 saturated heterocycles. The van der Waals surface area contributed by atoms with Crippen LogP contribution in [0.5, 0.6) is 11.5 Å². The second-order valence-corrected chi connectivity index (χ2v) is 25.2. The fraction of sp³-hybridized carbons (Fsp3) is 0.229. The zero-order valence-electron chi connectivity index (χ0n) is 45.0. The third kappa shape index (κ3) is 7.16. The number of aromatic nitrogens is 3. The fourth-order valence-electron chi connectivity index (χ4n) is 11.8. The van der Waals surface area contributed by atoms with E-state index in [2.05, 4.69) is 273 Å². The molecule has 9 aromatic carbocycles. The number of para-hydroxylation sites is 1. The Balaban J connectivity index is 0.896.